The number of anilines is 1. The SMILES string of the molecule is Cc1ccc(C2c3[nH]c4ccc(Cl)cc4c3CCN2c2nccc(C(F)(F)F)n2)c(F)c1F. The van der Waals surface area contributed by atoms with Gasteiger partial charge in [-0.1, -0.05) is 23.7 Å². The van der Waals surface area contributed by atoms with Crippen LogP contribution in [0.1, 0.15) is 34.1 Å². The summed E-state index contributed by atoms with van der Waals surface area (Å²) in [6.07, 6.45) is -3.25. The average Bonchev–Trinajstić information content (AvgIpc) is 3.15. The highest BCUT2D eigenvalue weighted by atomic mass is 35.5. The molecule has 1 atom stereocenters. The van der Waals surface area contributed by atoms with E-state index in [4.69, 9.17) is 11.6 Å². The van der Waals surface area contributed by atoms with Gasteiger partial charge in [-0.25, -0.2) is 18.7 Å². The first-order valence-corrected chi connectivity index (χ1v) is 10.4. The summed E-state index contributed by atoms with van der Waals surface area (Å²) in [5.41, 5.74) is 1.07. The summed E-state index contributed by atoms with van der Waals surface area (Å²) in [5.74, 6) is -2.30. The quantitative estimate of drug-likeness (QED) is 0.340. The van der Waals surface area contributed by atoms with Crippen LogP contribution in [0.4, 0.5) is 27.9 Å². The molecule has 3 heterocycles. The predicted molar refractivity (Wildman–Crippen MR) is 114 cm³/mol. The number of aromatic amines is 1. The van der Waals surface area contributed by atoms with Crippen LogP contribution < -0.4 is 4.90 Å². The van der Waals surface area contributed by atoms with Crippen LogP contribution >= 0.6 is 11.6 Å². The Bertz CT molecular complexity index is 1380. The Morgan fingerprint density at radius 1 is 1.09 bits per heavy atom. The number of aromatic nitrogens is 3. The van der Waals surface area contributed by atoms with Gasteiger partial charge in [0.15, 0.2) is 11.6 Å². The van der Waals surface area contributed by atoms with Crippen LogP contribution in [0.25, 0.3) is 10.9 Å². The van der Waals surface area contributed by atoms with E-state index in [-0.39, 0.29) is 23.6 Å². The van der Waals surface area contributed by atoms with Crippen LogP contribution in [0.15, 0.2) is 42.6 Å². The Labute approximate surface area is 190 Å². The zero-order valence-electron chi connectivity index (χ0n) is 17.1. The number of nitrogens with one attached hydrogen (secondary N) is 1. The normalized spacial score (nSPS) is 16.3. The first-order valence-electron chi connectivity index (χ1n) is 10.1. The molecular weight excluding hydrogens is 463 g/mol. The second-order valence-corrected chi connectivity index (χ2v) is 8.33. The Morgan fingerprint density at radius 2 is 1.88 bits per heavy atom. The Balaban J connectivity index is 1.74. The lowest BCUT2D eigenvalue weighted by molar-refractivity contribution is -0.141. The van der Waals surface area contributed by atoms with Gasteiger partial charge in [0.05, 0.1) is 0 Å². The van der Waals surface area contributed by atoms with Gasteiger partial charge in [0.2, 0.25) is 5.95 Å². The highest BCUT2D eigenvalue weighted by molar-refractivity contribution is 6.31. The zero-order chi connectivity index (χ0) is 23.5. The van der Waals surface area contributed by atoms with Crippen molar-refractivity contribution in [2.45, 2.75) is 25.6 Å². The van der Waals surface area contributed by atoms with Crippen molar-refractivity contribution >= 4 is 28.5 Å². The summed E-state index contributed by atoms with van der Waals surface area (Å²) in [5, 5.41) is 1.33. The third-order valence-corrected chi connectivity index (χ3v) is 6.11. The number of hydrogen-bond acceptors (Lipinski definition) is 3. The molecule has 5 rings (SSSR count). The fourth-order valence-corrected chi connectivity index (χ4v) is 4.49. The van der Waals surface area contributed by atoms with Crippen LogP contribution in [-0.2, 0) is 12.6 Å². The summed E-state index contributed by atoms with van der Waals surface area (Å²) in [7, 11) is 0. The summed E-state index contributed by atoms with van der Waals surface area (Å²) >= 11 is 6.16. The lowest BCUT2D eigenvalue weighted by atomic mass is 9.91. The summed E-state index contributed by atoms with van der Waals surface area (Å²) < 4.78 is 69.6. The number of alkyl halides is 3. The second-order valence-electron chi connectivity index (χ2n) is 7.89. The van der Waals surface area contributed by atoms with Gasteiger partial charge in [-0.3, -0.25) is 0 Å². The number of nitrogens with zero attached hydrogens (tertiary/aromatic N) is 3. The van der Waals surface area contributed by atoms with E-state index in [9.17, 15) is 17.6 Å². The van der Waals surface area contributed by atoms with Gasteiger partial charge in [-0.2, -0.15) is 13.2 Å². The number of H-pyrrole nitrogens is 1. The van der Waals surface area contributed by atoms with E-state index in [1.807, 2.05) is 0 Å². The van der Waals surface area contributed by atoms with E-state index in [1.54, 1.807) is 18.2 Å². The van der Waals surface area contributed by atoms with Crippen molar-refractivity contribution in [2.24, 2.45) is 0 Å². The monoisotopic (exact) mass is 478 g/mol. The van der Waals surface area contributed by atoms with E-state index in [2.05, 4.69) is 15.0 Å². The summed E-state index contributed by atoms with van der Waals surface area (Å²) in [4.78, 5) is 12.4. The molecule has 0 aliphatic carbocycles. The molecule has 0 fully saturated rings. The molecule has 0 radical (unpaired) electrons. The minimum atomic E-state index is -4.67. The molecule has 1 aliphatic heterocycles. The van der Waals surface area contributed by atoms with Gasteiger partial charge >= 0.3 is 6.18 Å². The van der Waals surface area contributed by atoms with Crippen molar-refractivity contribution in [3.63, 3.8) is 0 Å². The minimum Gasteiger partial charge on any atom is -0.356 e. The molecule has 1 aliphatic rings. The Hall–Kier alpha value is -3.20. The van der Waals surface area contributed by atoms with E-state index in [0.717, 1.165) is 28.7 Å². The van der Waals surface area contributed by atoms with Gasteiger partial charge in [-0.15, -0.1) is 0 Å². The van der Waals surface area contributed by atoms with Gasteiger partial charge < -0.3 is 9.88 Å². The largest absolute Gasteiger partial charge is 0.433 e. The molecule has 10 heteroatoms. The van der Waals surface area contributed by atoms with Crippen LogP contribution in [0.5, 0.6) is 0 Å². The fourth-order valence-electron chi connectivity index (χ4n) is 4.32. The summed E-state index contributed by atoms with van der Waals surface area (Å²) in [6, 6.07) is 7.90. The van der Waals surface area contributed by atoms with Crippen LogP contribution in [0.2, 0.25) is 5.02 Å². The molecule has 170 valence electrons. The van der Waals surface area contributed by atoms with E-state index in [0.29, 0.717) is 17.1 Å². The lowest BCUT2D eigenvalue weighted by Gasteiger charge is -2.36. The van der Waals surface area contributed by atoms with Gasteiger partial charge in [-0.05, 0) is 48.7 Å². The van der Waals surface area contributed by atoms with E-state index in [1.165, 1.54) is 24.0 Å². The molecule has 1 unspecified atom stereocenters. The third kappa shape index (κ3) is 3.60. The molecule has 0 amide bonds. The molecular formula is C23H16ClF5N4. The number of aryl methyl sites for hydroxylation is 1. The molecule has 4 aromatic rings. The maximum atomic E-state index is 15.2. The molecule has 2 aromatic heterocycles. The van der Waals surface area contributed by atoms with Crippen LogP contribution in [0, 0.1) is 18.6 Å². The highest BCUT2D eigenvalue weighted by Crippen LogP contribution is 2.42. The molecule has 2 aromatic carbocycles. The van der Waals surface area contributed by atoms with Gasteiger partial charge in [0, 0.05) is 39.9 Å². The molecule has 0 saturated heterocycles. The maximum absolute atomic E-state index is 15.2. The molecule has 1 N–H and O–H groups in total. The van der Waals surface area contributed by atoms with Crippen molar-refractivity contribution in [3.05, 3.63) is 87.3 Å². The summed E-state index contributed by atoms with van der Waals surface area (Å²) in [6.45, 7) is 1.63. The Morgan fingerprint density at radius 3 is 2.64 bits per heavy atom. The van der Waals surface area contributed by atoms with Gasteiger partial charge in [0.25, 0.3) is 0 Å². The van der Waals surface area contributed by atoms with Gasteiger partial charge in [0.1, 0.15) is 11.7 Å². The number of halogens is 6. The molecule has 4 nitrogen and oxygen atoms in total. The topological polar surface area (TPSA) is 44.8 Å². The average molecular weight is 479 g/mol. The maximum Gasteiger partial charge on any atom is 0.433 e. The molecule has 0 saturated carbocycles. The highest BCUT2D eigenvalue weighted by Gasteiger charge is 2.38. The first kappa shape index (κ1) is 21.6. The van der Waals surface area contributed by atoms with E-state index >= 15 is 4.39 Å². The van der Waals surface area contributed by atoms with Crippen molar-refractivity contribution in [1.82, 2.24) is 15.0 Å². The number of fused-ring (bicyclic) bond motifs is 3. The van der Waals surface area contributed by atoms with Crippen molar-refractivity contribution < 1.29 is 22.0 Å². The third-order valence-electron chi connectivity index (χ3n) is 5.88. The first-order chi connectivity index (χ1) is 15.6. The second kappa shape index (κ2) is 7.69. The zero-order valence-corrected chi connectivity index (χ0v) is 17.9. The predicted octanol–water partition coefficient (Wildman–Crippen LogP) is 6.37. The van der Waals surface area contributed by atoms with E-state index < -0.39 is 29.5 Å². The fraction of sp³-hybridized carbons (Fsp3) is 0.217. The molecule has 0 spiro atoms. The number of hydrogen-bond donors (Lipinski definition) is 1. The number of rotatable bonds is 2. The molecule has 33 heavy (non-hydrogen) atoms. The standard InChI is InChI=1S/C23H16ClF5N4/c1-11-2-4-14(19(26)18(11)25)21-20-13(15-10-12(24)3-5-16(15)31-20)7-9-33(21)22-30-8-6-17(32-22)23(27,28)29/h2-6,8,10,21,31H,7,9H2,1H3. The smallest absolute Gasteiger partial charge is 0.356 e. The van der Waals surface area contributed by atoms with Crippen LogP contribution in [0.3, 0.4) is 0 Å². The minimum absolute atomic E-state index is 0.0299. The van der Waals surface area contributed by atoms with Crippen molar-refractivity contribution in [2.75, 3.05) is 11.4 Å². The number of benzene rings is 2. The van der Waals surface area contributed by atoms with Crippen molar-refractivity contribution in [3.8, 4) is 0 Å². The Kier molecular flexibility index (Phi) is 5.04. The lowest BCUT2D eigenvalue weighted by Crippen LogP contribution is -2.38. The molecule has 0 bridgehead atoms. The van der Waals surface area contributed by atoms with Crippen molar-refractivity contribution in [1.29, 1.82) is 0 Å². The van der Waals surface area contributed by atoms with Crippen LogP contribution in [-0.4, -0.2) is 21.5 Å².